The quantitative estimate of drug-likeness (QED) is 0.835. The average Bonchev–Trinajstić information content (AvgIpc) is 3.16. The van der Waals surface area contributed by atoms with E-state index >= 15 is 0 Å². The van der Waals surface area contributed by atoms with Gasteiger partial charge < -0.3 is 13.8 Å². The SMILES string of the molecule is Cc1noc(C)c1CN(C)Cc1noc([C@H]2CCCO2)n1. The van der Waals surface area contributed by atoms with E-state index in [4.69, 9.17) is 13.8 Å². The summed E-state index contributed by atoms with van der Waals surface area (Å²) >= 11 is 0. The number of aryl methyl sites for hydroxylation is 2. The first-order valence-electron chi connectivity index (χ1n) is 7.18. The number of rotatable bonds is 5. The summed E-state index contributed by atoms with van der Waals surface area (Å²) in [5, 5.41) is 7.99. The summed E-state index contributed by atoms with van der Waals surface area (Å²) in [6.07, 6.45) is 1.98. The Hall–Kier alpha value is -1.73. The van der Waals surface area contributed by atoms with Crippen molar-refractivity contribution in [2.75, 3.05) is 13.7 Å². The molecule has 114 valence electrons. The fraction of sp³-hybridized carbons (Fsp3) is 0.643. The fourth-order valence-electron chi connectivity index (χ4n) is 2.53. The zero-order valence-corrected chi connectivity index (χ0v) is 12.6. The highest BCUT2D eigenvalue weighted by molar-refractivity contribution is 5.20. The van der Waals surface area contributed by atoms with Crippen LogP contribution in [0.15, 0.2) is 9.05 Å². The van der Waals surface area contributed by atoms with Crippen LogP contribution in [-0.4, -0.2) is 33.9 Å². The Morgan fingerprint density at radius 3 is 2.71 bits per heavy atom. The molecule has 0 amide bonds. The first-order chi connectivity index (χ1) is 10.1. The normalized spacial score (nSPS) is 18.8. The standard InChI is InChI=1S/C14H20N4O3/c1-9-11(10(2)20-16-9)7-18(3)8-13-15-14(21-17-13)12-5-4-6-19-12/h12H,4-8H2,1-3H3/t12-/m1/s1. The molecule has 0 bridgehead atoms. The summed E-state index contributed by atoms with van der Waals surface area (Å²) in [5.41, 5.74) is 2.04. The maximum absolute atomic E-state index is 5.54. The minimum absolute atomic E-state index is 0.0286. The second-order valence-corrected chi connectivity index (χ2v) is 5.53. The molecule has 0 N–H and O–H groups in total. The van der Waals surface area contributed by atoms with Gasteiger partial charge in [-0.3, -0.25) is 4.90 Å². The Balaban J connectivity index is 1.61. The Kier molecular flexibility index (Phi) is 4.03. The predicted octanol–water partition coefficient (Wildman–Crippen LogP) is 2.16. The van der Waals surface area contributed by atoms with Gasteiger partial charge in [-0.2, -0.15) is 4.98 Å². The van der Waals surface area contributed by atoms with Gasteiger partial charge in [-0.25, -0.2) is 0 Å². The smallest absolute Gasteiger partial charge is 0.255 e. The van der Waals surface area contributed by atoms with Crippen LogP contribution in [0.1, 0.15) is 47.7 Å². The van der Waals surface area contributed by atoms with Crippen molar-refractivity contribution in [3.8, 4) is 0 Å². The van der Waals surface area contributed by atoms with E-state index in [1.54, 1.807) is 0 Å². The van der Waals surface area contributed by atoms with Crippen molar-refractivity contribution in [1.82, 2.24) is 20.2 Å². The van der Waals surface area contributed by atoms with Crippen LogP contribution in [0.2, 0.25) is 0 Å². The maximum atomic E-state index is 5.54. The zero-order chi connectivity index (χ0) is 14.8. The number of aromatic nitrogens is 3. The van der Waals surface area contributed by atoms with E-state index in [1.165, 1.54) is 0 Å². The summed E-state index contributed by atoms with van der Waals surface area (Å²) < 4.78 is 16.0. The van der Waals surface area contributed by atoms with Crippen molar-refractivity contribution in [3.63, 3.8) is 0 Å². The topological polar surface area (TPSA) is 77.4 Å². The fourth-order valence-corrected chi connectivity index (χ4v) is 2.53. The van der Waals surface area contributed by atoms with E-state index in [1.807, 2.05) is 20.9 Å². The third-order valence-corrected chi connectivity index (χ3v) is 3.71. The zero-order valence-electron chi connectivity index (χ0n) is 12.6. The van der Waals surface area contributed by atoms with Crippen LogP contribution in [0.4, 0.5) is 0 Å². The van der Waals surface area contributed by atoms with E-state index in [0.717, 1.165) is 43.0 Å². The molecule has 3 rings (SSSR count). The van der Waals surface area contributed by atoms with E-state index in [9.17, 15) is 0 Å². The third-order valence-electron chi connectivity index (χ3n) is 3.71. The monoisotopic (exact) mass is 292 g/mol. The van der Waals surface area contributed by atoms with Gasteiger partial charge in [-0.1, -0.05) is 10.3 Å². The van der Waals surface area contributed by atoms with Crippen molar-refractivity contribution in [1.29, 1.82) is 0 Å². The lowest BCUT2D eigenvalue weighted by Crippen LogP contribution is -2.18. The minimum Gasteiger partial charge on any atom is -0.368 e. The number of nitrogens with zero attached hydrogens (tertiary/aromatic N) is 4. The van der Waals surface area contributed by atoms with E-state index in [0.29, 0.717) is 18.3 Å². The van der Waals surface area contributed by atoms with Gasteiger partial charge in [-0.15, -0.1) is 0 Å². The van der Waals surface area contributed by atoms with Gasteiger partial charge in [0.15, 0.2) is 5.82 Å². The molecule has 0 spiro atoms. The Labute approximate surface area is 123 Å². The molecule has 0 aliphatic carbocycles. The van der Waals surface area contributed by atoms with E-state index in [-0.39, 0.29) is 6.10 Å². The van der Waals surface area contributed by atoms with Crippen molar-refractivity contribution < 1.29 is 13.8 Å². The molecule has 2 aromatic heterocycles. The summed E-state index contributed by atoms with van der Waals surface area (Å²) in [4.78, 5) is 6.53. The Bertz CT molecular complexity index is 582. The largest absolute Gasteiger partial charge is 0.368 e. The van der Waals surface area contributed by atoms with Gasteiger partial charge in [0.1, 0.15) is 11.9 Å². The van der Waals surface area contributed by atoms with Crippen LogP contribution in [0.5, 0.6) is 0 Å². The number of hydrogen-bond acceptors (Lipinski definition) is 7. The highest BCUT2D eigenvalue weighted by atomic mass is 16.5. The molecule has 2 aromatic rings. The van der Waals surface area contributed by atoms with Gasteiger partial charge in [-0.05, 0) is 33.7 Å². The highest BCUT2D eigenvalue weighted by Crippen LogP contribution is 2.27. The van der Waals surface area contributed by atoms with Gasteiger partial charge in [0.25, 0.3) is 5.89 Å². The second kappa shape index (κ2) is 5.95. The van der Waals surface area contributed by atoms with Crippen molar-refractivity contribution in [2.45, 2.75) is 45.9 Å². The van der Waals surface area contributed by atoms with Crippen LogP contribution in [0.25, 0.3) is 0 Å². The average molecular weight is 292 g/mol. The summed E-state index contributed by atoms with van der Waals surface area (Å²) in [7, 11) is 2.01. The summed E-state index contributed by atoms with van der Waals surface area (Å²) in [5.74, 6) is 2.12. The van der Waals surface area contributed by atoms with E-state index < -0.39 is 0 Å². The molecule has 0 aromatic carbocycles. The van der Waals surface area contributed by atoms with Crippen molar-refractivity contribution in [3.05, 3.63) is 28.7 Å². The highest BCUT2D eigenvalue weighted by Gasteiger charge is 2.24. The van der Waals surface area contributed by atoms with Gasteiger partial charge in [0.05, 0.1) is 12.2 Å². The molecule has 1 saturated heterocycles. The van der Waals surface area contributed by atoms with Crippen molar-refractivity contribution >= 4 is 0 Å². The Morgan fingerprint density at radius 1 is 1.19 bits per heavy atom. The van der Waals surface area contributed by atoms with Gasteiger partial charge >= 0.3 is 0 Å². The lowest BCUT2D eigenvalue weighted by Gasteiger charge is -2.13. The molecule has 0 unspecified atom stereocenters. The molecule has 0 radical (unpaired) electrons. The first kappa shape index (κ1) is 14.2. The minimum atomic E-state index is -0.0286. The van der Waals surface area contributed by atoms with Gasteiger partial charge in [0, 0.05) is 18.7 Å². The maximum Gasteiger partial charge on any atom is 0.255 e. The summed E-state index contributed by atoms with van der Waals surface area (Å²) in [6, 6.07) is 0. The molecular formula is C14H20N4O3. The molecular weight excluding hydrogens is 272 g/mol. The summed E-state index contributed by atoms with van der Waals surface area (Å²) in [6.45, 7) is 6.00. The van der Waals surface area contributed by atoms with Crippen LogP contribution in [-0.2, 0) is 17.8 Å². The van der Waals surface area contributed by atoms with E-state index in [2.05, 4.69) is 20.2 Å². The Morgan fingerprint density at radius 2 is 2.05 bits per heavy atom. The first-order valence-corrected chi connectivity index (χ1v) is 7.18. The van der Waals surface area contributed by atoms with Crippen LogP contribution >= 0.6 is 0 Å². The number of ether oxygens (including phenoxy) is 1. The van der Waals surface area contributed by atoms with Gasteiger partial charge in [0.2, 0.25) is 0 Å². The third kappa shape index (κ3) is 3.14. The molecule has 1 atom stereocenters. The van der Waals surface area contributed by atoms with Crippen molar-refractivity contribution in [2.24, 2.45) is 0 Å². The molecule has 1 aliphatic heterocycles. The number of hydrogen-bond donors (Lipinski definition) is 0. The molecule has 1 fully saturated rings. The molecule has 1 aliphatic rings. The second-order valence-electron chi connectivity index (χ2n) is 5.53. The molecule has 0 saturated carbocycles. The molecule has 7 nitrogen and oxygen atoms in total. The molecule has 21 heavy (non-hydrogen) atoms. The molecule has 3 heterocycles. The van der Waals surface area contributed by atoms with Crippen LogP contribution < -0.4 is 0 Å². The lowest BCUT2D eigenvalue weighted by atomic mass is 10.2. The van der Waals surface area contributed by atoms with Crippen LogP contribution in [0, 0.1) is 13.8 Å². The predicted molar refractivity (Wildman–Crippen MR) is 73.4 cm³/mol. The molecule has 7 heteroatoms. The lowest BCUT2D eigenvalue weighted by molar-refractivity contribution is 0.0835. The van der Waals surface area contributed by atoms with Crippen LogP contribution in [0.3, 0.4) is 0 Å².